The zero-order valence-electron chi connectivity index (χ0n) is 24.0. The average molecular weight is 541 g/mol. The van der Waals surface area contributed by atoms with Crippen LogP contribution in [0.15, 0.2) is 36.4 Å². The van der Waals surface area contributed by atoms with Crippen LogP contribution in [-0.4, -0.2) is 66.8 Å². The van der Waals surface area contributed by atoms with Crippen LogP contribution in [0.4, 0.5) is 5.82 Å². The molecule has 0 fully saturated rings. The minimum absolute atomic E-state index is 0.123. The molecule has 0 bridgehead atoms. The van der Waals surface area contributed by atoms with Crippen LogP contribution in [0.3, 0.4) is 0 Å². The molecule has 1 aliphatic heterocycles. The number of benzene rings is 1. The fraction of sp³-hybridized carbons (Fsp3) is 0.567. The number of carboxylic acids is 1. The van der Waals surface area contributed by atoms with Crippen molar-refractivity contribution in [3.63, 3.8) is 0 Å². The number of carboxylic acid groups (broad SMARTS) is 1. The lowest BCUT2D eigenvalue weighted by molar-refractivity contribution is -0.145. The van der Waals surface area contributed by atoms with Crippen molar-refractivity contribution in [2.45, 2.75) is 53.5 Å². The van der Waals surface area contributed by atoms with E-state index in [1.54, 1.807) is 4.90 Å². The van der Waals surface area contributed by atoms with Gasteiger partial charge in [-0.2, -0.15) is 0 Å². The van der Waals surface area contributed by atoms with Crippen LogP contribution >= 0.6 is 0 Å². The van der Waals surface area contributed by atoms with Crippen molar-refractivity contribution in [1.29, 1.82) is 0 Å². The molecule has 4 N–H and O–H groups in total. The molecule has 0 radical (unpaired) electrons. The molecule has 0 saturated heterocycles. The fourth-order valence-electron chi connectivity index (χ4n) is 4.69. The molecule has 1 aliphatic rings. The molecule has 0 saturated carbocycles. The van der Waals surface area contributed by atoms with Crippen molar-refractivity contribution in [2.24, 2.45) is 22.5 Å². The number of carbonyl (C=O) groups is 2. The van der Waals surface area contributed by atoms with E-state index in [9.17, 15) is 14.7 Å². The number of hydrogen-bond donors (Lipinski definition) is 3. The Balaban J connectivity index is 1.73. The Bertz CT molecular complexity index is 1130. The summed E-state index contributed by atoms with van der Waals surface area (Å²) >= 11 is 0. The van der Waals surface area contributed by atoms with Crippen LogP contribution in [0.25, 0.3) is 0 Å². The summed E-state index contributed by atoms with van der Waals surface area (Å²) in [4.78, 5) is 31.4. The van der Waals surface area contributed by atoms with Crippen LogP contribution in [0.2, 0.25) is 0 Å². The van der Waals surface area contributed by atoms with Crippen molar-refractivity contribution < 1.29 is 24.2 Å². The first kappa shape index (κ1) is 30.4. The summed E-state index contributed by atoms with van der Waals surface area (Å²) in [6, 6.07) is 11.7. The van der Waals surface area contributed by atoms with Crippen LogP contribution in [0.1, 0.15) is 50.9 Å². The van der Waals surface area contributed by atoms with E-state index in [2.05, 4.69) is 38.0 Å². The maximum Gasteiger partial charge on any atom is 0.304 e. The zero-order valence-corrected chi connectivity index (χ0v) is 24.0. The molecule has 1 atom stereocenters. The molecule has 9 heteroatoms. The highest BCUT2D eigenvalue weighted by atomic mass is 16.5. The van der Waals surface area contributed by atoms with Crippen molar-refractivity contribution in [1.82, 2.24) is 9.88 Å². The van der Waals surface area contributed by atoms with Gasteiger partial charge in [0.15, 0.2) is 0 Å². The molecule has 39 heavy (non-hydrogen) atoms. The van der Waals surface area contributed by atoms with E-state index in [4.69, 9.17) is 15.2 Å². The van der Waals surface area contributed by atoms with Crippen LogP contribution in [-0.2, 0) is 33.7 Å². The first-order valence-corrected chi connectivity index (χ1v) is 13.6. The number of nitrogens with one attached hydrogen (secondary N) is 1. The molecule has 1 aromatic carbocycles. The monoisotopic (exact) mass is 540 g/mol. The minimum Gasteiger partial charge on any atom is -0.493 e. The van der Waals surface area contributed by atoms with E-state index in [-0.39, 0.29) is 23.2 Å². The van der Waals surface area contributed by atoms with Gasteiger partial charge >= 0.3 is 5.97 Å². The summed E-state index contributed by atoms with van der Waals surface area (Å²) < 4.78 is 12.0. The largest absolute Gasteiger partial charge is 0.493 e. The Hall–Kier alpha value is -3.17. The third-order valence-corrected chi connectivity index (χ3v) is 6.93. The number of amides is 1. The Labute approximate surface area is 232 Å². The number of ether oxygens (including phenoxy) is 2. The van der Waals surface area contributed by atoms with Gasteiger partial charge in [0.05, 0.1) is 32.2 Å². The van der Waals surface area contributed by atoms with Crippen molar-refractivity contribution in [3.05, 3.63) is 53.2 Å². The Morgan fingerprint density at radius 3 is 2.59 bits per heavy atom. The lowest BCUT2D eigenvalue weighted by Gasteiger charge is -2.34. The van der Waals surface area contributed by atoms with Crippen molar-refractivity contribution in [3.8, 4) is 5.75 Å². The highest BCUT2D eigenvalue weighted by molar-refractivity contribution is 5.84. The molecule has 2 heterocycles. The average Bonchev–Trinajstić information content (AvgIpc) is 2.99. The molecule has 2 aromatic rings. The van der Waals surface area contributed by atoms with Crippen molar-refractivity contribution in [2.75, 3.05) is 45.3 Å². The number of anilines is 1. The minimum atomic E-state index is -0.973. The summed E-state index contributed by atoms with van der Waals surface area (Å²) in [6.45, 7) is 11.1. The van der Waals surface area contributed by atoms with E-state index in [0.29, 0.717) is 58.0 Å². The van der Waals surface area contributed by atoms with E-state index < -0.39 is 11.9 Å². The Morgan fingerprint density at radius 1 is 1.15 bits per heavy atom. The number of carbonyl (C=O) groups excluding carboxylic acids is 1. The SMILES string of the molecule is CNc1cccc(CCOc2ccc3c(c2)CN(CC(C)(C)COCC(C)(C)CN)C(=O)[C@H](CC(=O)O)C3)n1. The van der Waals surface area contributed by atoms with Crippen molar-refractivity contribution >= 4 is 17.7 Å². The first-order chi connectivity index (χ1) is 18.4. The number of rotatable bonds is 14. The number of pyridine rings is 1. The molecule has 3 rings (SSSR count). The smallest absolute Gasteiger partial charge is 0.304 e. The highest BCUT2D eigenvalue weighted by Crippen LogP contribution is 2.31. The highest BCUT2D eigenvalue weighted by Gasteiger charge is 2.34. The van der Waals surface area contributed by atoms with Gasteiger partial charge in [0, 0.05) is 43.1 Å². The lowest BCUT2D eigenvalue weighted by atomic mass is 9.91. The van der Waals surface area contributed by atoms with Crippen LogP contribution in [0.5, 0.6) is 5.75 Å². The second-order valence-electron chi connectivity index (χ2n) is 12.0. The summed E-state index contributed by atoms with van der Waals surface area (Å²) in [5.74, 6) is -0.195. The number of nitrogens with two attached hydrogens (primary N) is 1. The molecule has 0 spiro atoms. The molecule has 0 unspecified atom stereocenters. The van der Waals surface area contributed by atoms with Gasteiger partial charge in [-0.1, -0.05) is 39.8 Å². The van der Waals surface area contributed by atoms with E-state index in [0.717, 1.165) is 22.6 Å². The molecule has 214 valence electrons. The number of hydrogen-bond acceptors (Lipinski definition) is 7. The quantitative estimate of drug-likeness (QED) is 0.331. The normalized spacial score (nSPS) is 16.0. The summed E-state index contributed by atoms with van der Waals surface area (Å²) in [7, 11) is 1.84. The van der Waals surface area contributed by atoms with E-state index in [1.807, 2.05) is 43.4 Å². The maximum absolute atomic E-state index is 13.5. The van der Waals surface area contributed by atoms with Crippen LogP contribution in [0, 0.1) is 16.7 Å². The Morgan fingerprint density at radius 2 is 1.90 bits per heavy atom. The molecule has 1 aromatic heterocycles. The van der Waals surface area contributed by atoms with Gasteiger partial charge in [0.2, 0.25) is 5.91 Å². The topological polar surface area (TPSA) is 127 Å². The number of nitrogens with zero attached hydrogens (tertiary/aromatic N) is 2. The summed E-state index contributed by atoms with van der Waals surface area (Å²) in [5, 5.41) is 12.5. The standard InChI is InChI=1S/C30H44N4O5/c1-29(2,17-31)19-38-20-30(3,4)18-34-16-23-14-25(39-12-11-24-7-6-8-26(32-5)33-24)10-9-21(23)13-22(28(34)37)15-27(35)36/h6-10,14,22H,11-13,15-20,31H2,1-5H3,(H,32,33)(H,35,36)/t22-/m0/s1. The molecule has 0 aliphatic carbocycles. The summed E-state index contributed by atoms with van der Waals surface area (Å²) in [6.07, 6.45) is 0.847. The van der Waals surface area contributed by atoms with Gasteiger partial charge in [-0.25, -0.2) is 4.98 Å². The van der Waals surface area contributed by atoms with Gasteiger partial charge in [0.25, 0.3) is 0 Å². The fourth-order valence-corrected chi connectivity index (χ4v) is 4.69. The van der Waals surface area contributed by atoms with Gasteiger partial charge < -0.3 is 30.5 Å². The maximum atomic E-state index is 13.5. The predicted octanol–water partition coefficient (Wildman–Crippen LogP) is 3.75. The van der Waals surface area contributed by atoms with Gasteiger partial charge in [-0.05, 0) is 48.4 Å². The first-order valence-electron chi connectivity index (χ1n) is 13.6. The molecular formula is C30H44N4O5. The van der Waals surface area contributed by atoms with Gasteiger partial charge in [-0.15, -0.1) is 0 Å². The molecule has 9 nitrogen and oxygen atoms in total. The second-order valence-corrected chi connectivity index (χ2v) is 12.0. The molecular weight excluding hydrogens is 496 g/mol. The van der Waals surface area contributed by atoms with E-state index >= 15 is 0 Å². The molecule has 1 amide bonds. The van der Waals surface area contributed by atoms with Crippen LogP contribution < -0.4 is 15.8 Å². The summed E-state index contributed by atoms with van der Waals surface area (Å²) in [5.41, 5.74) is 8.26. The van der Waals surface area contributed by atoms with Gasteiger partial charge in [0.1, 0.15) is 11.6 Å². The zero-order chi connectivity index (χ0) is 28.6. The number of aliphatic carboxylic acids is 1. The van der Waals surface area contributed by atoms with E-state index in [1.165, 1.54) is 0 Å². The lowest BCUT2D eigenvalue weighted by Crippen LogP contribution is -2.43. The third kappa shape index (κ3) is 9.21. The predicted molar refractivity (Wildman–Crippen MR) is 152 cm³/mol. The third-order valence-electron chi connectivity index (χ3n) is 6.93. The Kier molecular flexibility index (Phi) is 10.3. The van der Waals surface area contributed by atoms with Gasteiger partial charge in [-0.3, -0.25) is 9.59 Å². The number of fused-ring (bicyclic) bond motifs is 1. The second kappa shape index (κ2) is 13.3. The number of aromatic nitrogens is 1.